The normalized spacial score (nSPS) is 16.0. The molecule has 2 rings (SSSR count). The molecule has 26 heavy (non-hydrogen) atoms. The second-order valence-electron chi connectivity index (χ2n) is 4.64. The van der Waals surface area contributed by atoms with E-state index in [4.69, 9.17) is 12.2 Å². The Hall–Kier alpha value is -2.34. The number of carbonyl (C=O) groups is 2. The number of ether oxygens (including phenoxy) is 2. The summed E-state index contributed by atoms with van der Waals surface area (Å²) in [6, 6.07) is 3.12. The van der Waals surface area contributed by atoms with Crippen molar-refractivity contribution < 1.29 is 36.6 Å². The number of alkyl halides is 4. The van der Waals surface area contributed by atoms with E-state index in [9.17, 15) is 27.2 Å². The summed E-state index contributed by atoms with van der Waals surface area (Å²) in [6.07, 6.45) is 1.19. The van der Waals surface area contributed by atoms with Crippen LogP contribution < -0.4 is 14.9 Å². The van der Waals surface area contributed by atoms with Crippen LogP contribution in [0, 0.1) is 0 Å². The van der Waals surface area contributed by atoms with E-state index >= 15 is 0 Å². The summed E-state index contributed by atoms with van der Waals surface area (Å²) in [6.45, 7) is -5.19. The number of nitrogens with one attached hydrogen (secondary N) is 1. The van der Waals surface area contributed by atoms with Crippen LogP contribution in [0.5, 0.6) is 11.5 Å². The first-order valence-electron chi connectivity index (χ1n) is 6.76. The molecule has 0 spiro atoms. The Bertz CT molecular complexity index is 773. The van der Waals surface area contributed by atoms with Crippen molar-refractivity contribution in [1.29, 1.82) is 0 Å². The Labute approximate surface area is 154 Å². The third kappa shape index (κ3) is 5.08. The van der Waals surface area contributed by atoms with Gasteiger partial charge in [-0.1, -0.05) is 11.8 Å². The van der Waals surface area contributed by atoms with Gasteiger partial charge in [0.15, 0.2) is 4.32 Å². The van der Waals surface area contributed by atoms with Gasteiger partial charge in [-0.15, -0.1) is 0 Å². The average molecular weight is 410 g/mol. The lowest BCUT2D eigenvalue weighted by atomic mass is 10.1. The number of thioether (sulfide) groups is 1. The van der Waals surface area contributed by atoms with Gasteiger partial charge in [0, 0.05) is 18.6 Å². The molecule has 1 aromatic carbocycles. The number of hydrazine groups is 1. The number of nitrogens with zero attached hydrogens (tertiary/aromatic N) is 1. The van der Waals surface area contributed by atoms with Crippen molar-refractivity contribution in [2.75, 3.05) is 0 Å². The predicted molar refractivity (Wildman–Crippen MR) is 88.5 cm³/mol. The molecule has 1 aliphatic rings. The molecule has 0 saturated carbocycles. The molecule has 12 heteroatoms. The van der Waals surface area contributed by atoms with Gasteiger partial charge in [-0.05, 0) is 30.4 Å². The maximum Gasteiger partial charge on any atom is 0.387 e. The highest BCUT2D eigenvalue weighted by molar-refractivity contribution is 8.26. The zero-order valence-corrected chi connectivity index (χ0v) is 14.5. The van der Waals surface area contributed by atoms with Crippen LogP contribution >= 0.6 is 24.0 Å². The van der Waals surface area contributed by atoms with Gasteiger partial charge in [-0.25, -0.2) is 0 Å². The van der Waals surface area contributed by atoms with Crippen LogP contribution in [0.4, 0.5) is 17.6 Å². The van der Waals surface area contributed by atoms with Crippen LogP contribution in [0.1, 0.15) is 12.5 Å². The molecule has 1 saturated heterocycles. The Morgan fingerprint density at radius 2 is 1.92 bits per heavy atom. The van der Waals surface area contributed by atoms with E-state index in [1.165, 1.54) is 19.1 Å². The van der Waals surface area contributed by atoms with Gasteiger partial charge in [-0.3, -0.25) is 15.0 Å². The standard InChI is InChI=1S/C14H10F4N2O4S2/c1-6(21)19-20-11(22)10(26-14(20)25)4-7-2-3-8(23-12(15)16)5-9(7)24-13(17)18/h2-5,12-13H,1H3,(H,19,21)/b10-4-. The summed E-state index contributed by atoms with van der Waals surface area (Å²) in [5.41, 5.74) is 2.23. The van der Waals surface area contributed by atoms with Crippen molar-refractivity contribution in [1.82, 2.24) is 10.4 Å². The smallest absolute Gasteiger partial charge is 0.387 e. The first-order chi connectivity index (χ1) is 12.2. The van der Waals surface area contributed by atoms with Crippen LogP contribution in [0.3, 0.4) is 0 Å². The summed E-state index contributed by atoms with van der Waals surface area (Å²) < 4.78 is 58.1. The number of hydrogen-bond acceptors (Lipinski definition) is 6. The van der Waals surface area contributed by atoms with Crippen molar-refractivity contribution in [3.8, 4) is 11.5 Å². The van der Waals surface area contributed by atoms with Gasteiger partial charge in [0.25, 0.3) is 5.91 Å². The molecule has 1 N–H and O–H groups in total. The summed E-state index contributed by atoms with van der Waals surface area (Å²) in [4.78, 5) is 23.3. The van der Waals surface area contributed by atoms with Crippen LogP contribution in [-0.2, 0) is 9.59 Å². The first kappa shape index (κ1) is 20.0. The predicted octanol–water partition coefficient (Wildman–Crippen LogP) is 3.14. The van der Waals surface area contributed by atoms with E-state index < -0.39 is 36.5 Å². The maximum atomic E-state index is 12.6. The molecule has 0 aromatic heterocycles. The molecule has 1 fully saturated rings. The van der Waals surface area contributed by atoms with Crippen LogP contribution in [0.15, 0.2) is 23.1 Å². The maximum absolute atomic E-state index is 12.6. The molecule has 2 amide bonds. The van der Waals surface area contributed by atoms with Gasteiger partial charge < -0.3 is 9.47 Å². The number of halogens is 4. The fourth-order valence-electron chi connectivity index (χ4n) is 1.87. The highest BCUT2D eigenvalue weighted by atomic mass is 32.2. The second-order valence-corrected chi connectivity index (χ2v) is 6.32. The van der Waals surface area contributed by atoms with E-state index in [0.717, 1.165) is 28.9 Å². The molecule has 0 bridgehead atoms. The third-order valence-electron chi connectivity index (χ3n) is 2.78. The molecular weight excluding hydrogens is 400 g/mol. The van der Waals surface area contributed by atoms with Gasteiger partial charge in [0.2, 0.25) is 5.91 Å². The number of rotatable bonds is 6. The van der Waals surface area contributed by atoms with Crippen LogP contribution in [0.25, 0.3) is 6.08 Å². The third-order valence-corrected chi connectivity index (χ3v) is 4.08. The number of thiocarbonyl (C=S) groups is 1. The Kier molecular flexibility index (Phi) is 6.42. The molecule has 1 aromatic rings. The number of hydrogen-bond donors (Lipinski definition) is 1. The lowest BCUT2D eigenvalue weighted by Crippen LogP contribution is -2.43. The molecule has 1 heterocycles. The van der Waals surface area contributed by atoms with E-state index in [1.54, 1.807) is 0 Å². The zero-order chi connectivity index (χ0) is 19.4. The zero-order valence-electron chi connectivity index (χ0n) is 12.9. The monoisotopic (exact) mass is 410 g/mol. The van der Waals surface area contributed by atoms with Crippen molar-refractivity contribution in [3.63, 3.8) is 0 Å². The van der Waals surface area contributed by atoms with Crippen molar-refractivity contribution in [2.24, 2.45) is 0 Å². The SMILES string of the molecule is CC(=O)NN1C(=O)/C(=C/c2ccc(OC(F)F)cc2OC(F)F)SC1=S. The van der Waals surface area contributed by atoms with E-state index in [-0.39, 0.29) is 14.8 Å². The molecule has 0 atom stereocenters. The van der Waals surface area contributed by atoms with Gasteiger partial charge in [0.05, 0.1) is 4.91 Å². The second kappa shape index (κ2) is 8.36. The van der Waals surface area contributed by atoms with Crippen LogP contribution in [0.2, 0.25) is 0 Å². The summed E-state index contributed by atoms with van der Waals surface area (Å²) >= 11 is 5.78. The highest BCUT2D eigenvalue weighted by Gasteiger charge is 2.33. The minimum absolute atomic E-state index is 0.00948. The molecule has 1 aliphatic heterocycles. The quantitative estimate of drug-likeness (QED) is 0.442. The molecule has 140 valence electrons. The fourth-order valence-corrected chi connectivity index (χ4v) is 3.04. The average Bonchev–Trinajstić information content (AvgIpc) is 2.76. The van der Waals surface area contributed by atoms with E-state index in [1.807, 2.05) is 0 Å². The summed E-state index contributed by atoms with van der Waals surface area (Å²) in [5.74, 6) is -2.06. The largest absolute Gasteiger partial charge is 0.435 e. The lowest BCUT2D eigenvalue weighted by Gasteiger charge is -2.13. The molecule has 0 aliphatic carbocycles. The van der Waals surface area contributed by atoms with Crippen molar-refractivity contribution in [3.05, 3.63) is 28.7 Å². The number of amides is 2. The Morgan fingerprint density at radius 3 is 2.50 bits per heavy atom. The first-order valence-corrected chi connectivity index (χ1v) is 7.98. The molecular formula is C14H10F4N2O4S2. The fraction of sp³-hybridized carbons (Fsp3) is 0.214. The summed E-state index contributed by atoms with van der Waals surface area (Å²) in [7, 11) is 0. The minimum Gasteiger partial charge on any atom is -0.435 e. The molecule has 0 radical (unpaired) electrons. The Balaban J connectivity index is 2.35. The van der Waals surface area contributed by atoms with Gasteiger partial charge in [0.1, 0.15) is 11.5 Å². The Morgan fingerprint density at radius 1 is 1.27 bits per heavy atom. The van der Waals surface area contributed by atoms with E-state index in [0.29, 0.717) is 0 Å². The summed E-state index contributed by atoms with van der Waals surface area (Å²) in [5, 5.41) is 0.829. The van der Waals surface area contributed by atoms with Crippen LogP contribution in [-0.4, -0.2) is 34.4 Å². The molecule has 6 nitrogen and oxygen atoms in total. The van der Waals surface area contributed by atoms with Gasteiger partial charge in [-0.2, -0.15) is 22.6 Å². The van der Waals surface area contributed by atoms with Crippen molar-refractivity contribution >= 4 is 46.2 Å². The van der Waals surface area contributed by atoms with Gasteiger partial charge >= 0.3 is 13.2 Å². The van der Waals surface area contributed by atoms with E-state index in [2.05, 4.69) is 14.9 Å². The minimum atomic E-state index is -3.22. The lowest BCUT2D eigenvalue weighted by molar-refractivity contribution is -0.131. The molecule has 0 unspecified atom stereocenters. The van der Waals surface area contributed by atoms with Crippen molar-refractivity contribution in [2.45, 2.75) is 20.1 Å². The topological polar surface area (TPSA) is 67.9 Å². The highest BCUT2D eigenvalue weighted by Crippen LogP contribution is 2.35. The number of benzene rings is 1. The number of carbonyl (C=O) groups excluding carboxylic acids is 2.